The fraction of sp³-hybridized carbons (Fsp3) is 0.200. The van der Waals surface area contributed by atoms with Crippen molar-refractivity contribution in [1.29, 1.82) is 0 Å². The van der Waals surface area contributed by atoms with Crippen LogP contribution in [0.3, 0.4) is 0 Å². The first-order valence-electron chi connectivity index (χ1n) is 10.9. The van der Waals surface area contributed by atoms with Gasteiger partial charge >= 0.3 is 5.65 Å². The highest BCUT2D eigenvalue weighted by Crippen LogP contribution is 2.31. The molecule has 1 atom stereocenters. The average Bonchev–Trinajstić information content (AvgIpc) is 3.31. The zero-order chi connectivity index (χ0) is 24.9. The highest BCUT2D eigenvalue weighted by molar-refractivity contribution is 5.87. The van der Waals surface area contributed by atoms with Crippen molar-refractivity contribution in [3.8, 4) is 11.3 Å². The molecule has 35 heavy (non-hydrogen) atoms. The molecule has 1 aromatic carbocycles. The lowest BCUT2D eigenvalue weighted by molar-refractivity contribution is -0.591. The molecule has 0 spiro atoms. The van der Waals surface area contributed by atoms with E-state index in [0.29, 0.717) is 22.7 Å². The first kappa shape index (κ1) is 22.6. The van der Waals surface area contributed by atoms with Gasteiger partial charge in [0.05, 0.1) is 23.5 Å². The van der Waals surface area contributed by atoms with Gasteiger partial charge in [0.15, 0.2) is 0 Å². The van der Waals surface area contributed by atoms with Crippen LogP contribution in [0.4, 0.5) is 19.0 Å². The Morgan fingerprint density at radius 2 is 1.86 bits per heavy atom. The van der Waals surface area contributed by atoms with Gasteiger partial charge in [-0.25, -0.2) is 13.2 Å². The van der Waals surface area contributed by atoms with Gasteiger partial charge in [0.2, 0.25) is 11.4 Å². The molecule has 0 radical (unpaired) electrons. The third kappa shape index (κ3) is 3.90. The van der Waals surface area contributed by atoms with Gasteiger partial charge < -0.3 is 9.88 Å². The van der Waals surface area contributed by atoms with E-state index in [4.69, 9.17) is 0 Å². The predicted molar refractivity (Wildman–Crippen MR) is 125 cm³/mol. The van der Waals surface area contributed by atoms with E-state index in [-0.39, 0.29) is 11.1 Å². The largest absolute Gasteiger partial charge is 0.363 e. The summed E-state index contributed by atoms with van der Waals surface area (Å²) in [6.07, 6.45) is 2.55. The Morgan fingerprint density at radius 3 is 2.60 bits per heavy atom. The zero-order valence-electron chi connectivity index (χ0n) is 19.2. The number of halogens is 3. The first-order valence-corrected chi connectivity index (χ1v) is 10.9. The van der Waals surface area contributed by atoms with Crippen LogP contribution in [0.25, 0.3) is 22.3 Å². The number of nitrogens with one attached hydrogen (secondary N) is 1. The van der Waals surface area contributed by atoms with Gasteiger partial charge in [-0.3, -0.25) is 4.79 Å². The smallest absolute Gasteiger partial charge is 0.360 e. The van der Waals surface area contributed by atoms with Crippen molar-refractivity contribution in [1.82, 2.24) is 19.1 Å². The number of rotatable bonds is 5. The maximum Gasteiger partial charge on any atom is 0.360 e. The fourth-order valence-corrected chi connectivity index (χ4v) is 4.22. The lowest BCUT2D eigenvalue weighted by Gasteiger charge is -2.18. The van der Waals surface area contributed by atoms with E-state index in [0.717, 1.165) is 17.3 Å². The molecule has 0 aliphatic rings. The van der Waals surface area contributed by atoms with Gasteiger partial charge in [-0.05, 0) is 30.1 Å². The molecule has 5 aromatic rings. The molecule has 0 saturated carbocycles. The number of nitrogens with zero attached hydrogens (tertiary/aromatic N) is 5. The number of alkyl halides is 2. The van der Waals surface area contributed by atoms with Crippen LogP contribution in [0.2, 0.25) is 0 Å². The molecule has 4 heterocycles. The van der Waals surface area contributed by atoms with Crippen LogP contribution >= 0.6 is 0 Å². The van der Waals surface area contributed by atoms with Crippen molar-refractivity contribution >= 4 is 16.9 Å². The van der Waals surface area contributed by atoms with Crippen molar-refractivity contribution in [2.45, 2.75) is 26.3 Å². The summed E-state index contributed by atoms with van der Waals surface area (Å²) in [6, 6.07) is 10.3. The molecule has 5 rings (SSSR count). The van der Waals surface area contributed by atoms with Crippen LogP contribution in [0.1, 0.15) is 36.3 Å². The molecule has 0 saturated heterocycles. The third-order valence-corrected chi connectivity index (χ3v) is 5.96. The molecule has 178 valence electrons. The van der Waals surface area contributed by atoms with Gasteiger partial charge in [-0.2, -0.15) is 9.50 Å². The van der Waals surface area contributed by atoms with Gasteiger partial charge in [0, 0.05) is 37.4 Å². The third-order valence-electron chi connectivity index (χ3n) is 5.96. The van der Waals surface area contributed by atoms with Crippen molar-refractivity contribution in [3.63, 3.8) is 0 Å². The summed E-state index contributed by atoms with van der Waals surface area (Å²) in [5.41, 5.74) is 1.51. The van der Waals surface area contributed by atoms with E-state index in [1.807, 2.05) is 33.6 Å². The molecule has 0 bridgehead atoms. The van der Waals surface area contributed by atoms with E-state index >= 15 is 0 Å². The van der Waals surface area contributed by atoms with Gasteiger partial charge in [0.1, 0.15) is 23.2 Å². The quantitative estimate of drug-likeness (QED) is 0.380. The van der Waals surface area contributed by atoms with Gasteiger partial charge in [-0.1, -0.05) is 18.2 Å². The second kappa shape index (κ2) is 8.53. The zero-order valence-corrected chi connectivity index (χ0v) is 19.2. The van der Waals surface area contributed by atoms with E-state index in [9.17, 15) is 18.0 Å². The van der Waals surface area contributed by atoms with Crippen molar-refractivity contribution < 1.29 is 17.7 Å². The average molecular weight is 479 g/mol. The molecule has 7 nitrogen and oxygen atoms in total. The SMILES string of the molecule is Cc1nc(N[C@H](C)c2cccc(C(F)F)c2F)c2cc(-c3ccc(=O)n(C)c3)n3ccc[n+]3c2n1. The van der Waals surface area contributed by atoms with E-state index in [1.54, 1.807) is 33.2 Å². The molecule has 0 unspecified atom stereocenters. The summed E-state index contributed by atoms with van der Waals surface area (Å²) in [7, 11) is 1.68. The number of anilines is 1. The van der Waals surface area contributed by atoms with Crippen LogP contribution in [0.5, 0.6) is 0 Å². The Labute approximate surface area is 198 Å². The Morgan fingerprint density at radius 1 is 1.09 bits per heavy atom. The minimum atomic E-state index is -2.91. The van der Waals surface area contributed by atoms with Crippen LogP contribution in [-0.2, 0) is 7.05 Å². The number of benzene rings is 1. The minimum absolute atomic E-state index is 0.113. The monoisotopic (exact) mass is 479 g/mol. The lowest BCUT2D eigenvalue weighted by atomic mass is 10.0. The molecular formula is C25H22F3N6O+. The molecule has 0 fully saturated rings. The number of aryl methyl sites for hydroxylation is 2. The molecule has 0 aliphatic carbocycles. The van der Waals surface area contributed by atoms with Crippen molar-refractivity contribution in [2.75, 3.05) is 5.32 Å². The maximum absolute atomic E-state index is 14.8. The van der Waals surface area contributed by atoms with E-state index in [2.05, 4.69) is 15.3 Å². The summed E-state index contributed by atoms with van der Waals surface area (Å²) in [5.74, 6) is -0.0181. The fourth-order valence-electron chi connectivity index (χ4n) is 4.22. The maximum atomic E-state index is 14.8. The van der Waals surface area contributed by atoms with Gasteiger partial charge in [0.25, 0.3) is 6.43 Å². The van der Waals surface area contributed by atoms with Crippen molar-refractivity contribution in [2.24, 2.45) is 7.05 Å². The normalized spacial score (nSPS) is 12.5. The molecule has 0 amide bonds. The van der Waals surface area contributed by atoms with Gasteiger partial charge in [-0.15, -0.1) is 4.52 Å². The summed E-state index contributed by atoms with van der Waals surface area (Å²) < 4.78 is 46.5. The van der Waals surface area contributed by atoms with Crippen LogP contribution in [-0.4, -0.2) is 19.1 Å². The number of aromatic nitrogens is 5. The number of hydrogen-bond acceptors (Lipinski definition) is 4. The van der Waals surface area contributed by atoms with Crippen LogP contribution < -0.4 is 15.4 Å². The molecule has 10 heteroatoms. The first-order chi connectivity index (χ1) is 16.7. The summed E-state index contributed by atoms with van der Waals surface area (Å²) in [5, 5.41) is 3.84. The minimum Gasteiger partial charge on any atom is -0.363 e. The van der Waals surface area contributed by atoms with E-state index in [1.165, 1.54) is 22.8 Å². The highest BCUT2D eigenvalue weighted by Gasteiger charge is 2.24. The lowest BCUT2D eigenvalue weighted by Crippen LogP contribution is -2.31. The number of hydrogen-bond donors (Lipinski definition) is 1. The second-order valence-corrected chi connectivity index (χ2v) is 8.35. The molecule has 1 N–H and O–H groups in total. The van der Waals surface area contributed by atoms with Crippen LogP contribution in [0, 0.1) is 12.7 Å². The Bertz CT molecular complexity index is 1640. The van der Waals surface area contributed by atoms with Crippen LogP contribution in [0.15, 0.2) is 65.8 Å². The topological polar surface area (TPSA) is 68.3 Å². The second-order valence-electron chi connectivity index (χ2n) is 8.35. The Hall–Kier alpha value is -4.21. The summed E-state index contributed by atoms with van der Waals surface area (Å²) >= 11 is 0. The predicted octanol–water partition coefficient (Wildman–Crippen LogP) is 4.39. The summed E-state index contributed by atoms with van der Waals surface area (Å²) in [4.78, 5) is 21.1. The highest BCUT2D eigenvalue weighted by atomic mass is 19.3. The molecule has 4 aromatic heterocycles. The van der Waals surface area contributed by atoms with Crippen molar-refractivity contribution in [3.05, 3.63) is 94.2 Å². The van der Waals surface area contributed by atoms with E-state index < -0.39 is 23.8 Å². The Kier molecular flexibility index (Phi) is 5.50. The molecule has 0 aliphatic heterocycles. The summed E-state index contributed by atoms with van der Waals surface area (Å²) in [6.45, 7) is 3.43. The standard InChI is InChI=1S/C25H22F3N6O/c1-14(17-6-4-7-18(22(17)26)23(27)28)29-24-19-12-20(16-8-9-21(35)32(3)13-16)33-10-5-11-34(33)25(19)31-15(2)30-24/h4-14,23H,1-3H3,(H,29,30,31)/q+1/t14-/m1/s1. The number of pyridine rings is 1. The number of fused-ring (bicyclic) bond motifs is 3. The Balaban J connectivity index is 1.69. The molecular weight excluding hydrogens is 457 g/mol.